The number of benzene rings is 2. The van der Waals surface area contributed by atoms with Crippen molar-refractivity contribution in [2.75, 3.05) is 11.0 Å². The van der Waals surface area contributed by atoms with Gasteiger partial charge in [-0.2, -0.15) is 14.6 Å². The highest BCUT2D eigenvalue weighted by Gasteiger charge is 2.18. The Hall–Kier alpha value is -4.39. The van der Waals surface area contributed by atoms with Gasteiger partial charge in [-0.05, 0) is 41.8 Å². The Balaban J connectivity index is 1.46. The number of amides is 2. The van der Waals surface area contributed by atoms with E-state index in [0.29, 0.717) is 16.8 Å². The quantitative estimate of drug-likeness (QED) is 0.327. The molecule has 2 amide bonds. The van der Waals surface area contributed by atoms with Crippen LogP contribution in [0.1, 0.15) is 37.7 Å². The van der Waals surface area contributed by atoms with E-state index in [2.05, 4.69) is 30.4 Å². The lowest BCUT2D eigenvalue weighted by Crippen LogP contribution is -2.28. The highest BCUT2D eigenvalue weighted by atomic mass is 32.2. The number of anilines is 1. The zero-order chi connectivity index (χ0) is 25.9. The molecule has 13 heteroatoms. The number of sulfonamides is 1. The Bertz CT molecular complexity index is 1550. The van der Waals surface area contributed by atoms with Gasteiger partial charge >= 0.3 is 0 Å². The average molecular weight is 512 g/mol. The summed E-state index contributed by atoms with van der Waals surface area (Å²) in [5, 5.41) is 9.44. The first-order chi connectivity index (χ1) is 17.1. The molecule has 0 saturated heterocycles. The SMILES string of the molecule is Cc1cc(CNC(=O)c2cc(C(=O)NCc3ccc(NS(C)(=O)=O)cc3)n3ncnc3n2)ccc1F. The molecule has 0 aliphatic rings. The molecule has 0 saturated carbocycles. The summed E-state index contributed by atoms with van der Waals surface area (Å²) < 4.78 is 39.7. The molecule has 0 bridgehead atoms. The second kappa shape index (κ2) is 10.1. The first-order valence-electron chi connectivity index (χ1n) is 10.7. The topological polar surface area (TPSA) is 147 Å². The first-order valence-corrected chi connectivity index (χ1v) is 12.6. The van der Waals surface area contributed by atoms with E-state index in [0.717, 1.165) is 11.8 Å². The molecule has 2 heterocycles. The van der Waals surface area contributed by atoms with Crippen LogP contribution in [0.5, 0.6) is 0 Å². The van der Waals surface area contributed by atoms with Crippen LogP contribution in [-0.2, 0) is 23.1 Å². The van der Waals surface area contributed by atoms with Gasteiger partial charge in [-0.25, -0.2) is 17.8 Å². The minimum Gasteiger partial charge on any atom is -0.347 e. The van der Waals surface area contributed by atoms with Crippen LogP contribution in [-0.4, -0.2) is 46.1 Å². The fourth-order valence-electron chi connectivity index (χ4n) is 3.36. The van der Waals surface area contributed by atoms with Crippen molar-refractivity contribution in [3.63, 3.8) is 0 Å². The van der Waals surface area contributed by atoms with Crippen LogP contribution < -0.4 is 15.4 Å². The Kier molecular flexibility index (Phi) is 6.92. The summed E-state index contributed by atoms with van der Waals surface area (Å²) >= 11 is 0. The maximum absolute atomic E-state index is 13.5. The smallest absolute Gasteiger partial charge is 0.270 e. The van der Waals surface area contributed by atoms with Crippen molar-refractivity contribution >= 4 is 33.3 Å². The van der Waals surface area contributed by atoms with Crippen molar-refractivity contribution in [3.05, 3.63) is 88.8 Å². The van der Waals surface area contributed by atoms with Crippen molar-refractivity contribution in [1.29, 1.82) is 0 Å². The molecule has 186 valence electrons. The first kappa shape index (κ1) is 24.7. The van der Waals surface area contributed by atoms with Crippen LogP contribution in [0, 0.1) is 12.7 Å². The molecule has 36 heavy (non-hydrogen) atoms. The highest BCUT2D eigenvalue weighted by molar-refractivity contribution is 7.92. The fourth-order valence-corrected chi connectivity index (χ4v) is 3.92. The van der Waals surface area contributed by atoms with Crippen molar-refractivity contribution in [2.45, 2.75) is 20.0 Å². The number of halogens is 1. The van der Waals surface area contributed by atoms with Gasteiger partial charge < -0.3 is 10.6 Å². The molecule has 0 aliphatic carbocycles. The maximum Gasteiger partial charge on any atom is 0.270 e. The molecule has 0 unspecified atom stereocenters. The van der Waals surface area contributed by atoms with Gasteiger partial charge in [0.25, 0.3) is 17.6 Å². The Labute approximate surface area is 205 Å². The molecule has 0 fully saturated rings. The third kappa shape index (κ3) is 5.99. The van der Waals surface area contributed by atoms with E-state index in [9.17, 15) is 22.4 Å². The summed E-state index contributed by atoms with van der Waals surface area (Å²) in [7, 11) is -3.39. The van der Waals surface area contributed by atoms with E-state index in [1.54, 1.807) is 43.3 Å². The average Bonchev–Trinajstić information content (AvgIpc) is 3.31. The zero-order valence-electron chi connectivity index (χ0n) is 19.3. The number of fused-ring (bicyclic) bond motifs is 1. The van der Waals surface area contributed by atoms with E-state index in [-0.39, 0.29) is 36.1 Å². The predicted molar refractivity (Wildman–Crippen MR) is 129 cm³/mol. The lowest BCUT2D eigenvalue weighted by atomic mass is 10.1. The summed E-state index contributed by atoms with van der Waals surface area (Å²) in [4.78, 5) is 33.8. The lowest BCUT2D eigenvalue weighted by Gasteiger charge is -2.10. The van der Waals surface area contributed by atoms with Gasteiger partial charge in [-0.3, -0.25) is 14.3 Å². The molecule has 2 aromatic heterocycles. The molecule has 0 radical (unpaired) electrons. The number of aryl methyl sites for hydroxylation is 1. The summed E-state index contributed by atoms with van der Waals surface area (Å²) in [5.41, 5.74) is 2.31. The minimum absolute atomic E-state index is 0.0318. The monoisotopic (exact) mass is 511 g/mol. The molecule has 3 N–H and O–H groups in total. The van der Waals surface area contributed by atoms with E-state index in [1.165, 1.54) is 23.0 Å². The number of aromatic nitrogens is 4. The van der Waals surface area contributed by atoms with Crippen LogP contribution in [0.3, 0.4) is 0 Å². The summed E-state index contributed by atoms with van der Waals surface area (Å²) in [6.45, 7) is 1.92. The molecule has 0 atom stereocenters. The van der Waals surface area contributed by atoms with E-state index in [4.69, 9.17) is 0 Å². The number of carbonyl (C=O) groups is 2. The molecule has 0 spiro atoms. The highest BCUT2D eigenvalue weighted by Crippen LogP contribution is 2.12. The molecular formula is C23H22FN7O4S. The lowest BCUT2D eigenvalue weighted by molar-refractivity contribution is 0.0942. The van der Waals surface area contributed by atoms with Crippen molar-refractivity contribution < 1.29 is 22.4 Å². The Morgan fingerprint density at radius 3 is 2.33 bits per heavy atom. The van der Waals surface area contributed by atoms with Crippen LogP contribution in [0.25, 0.3) is 5.78 Å². The maximum atomic E-state index is 13.5. The van der Waals surface area contributed by atoms with Crippen LogP contribution in [0.15, 0.2) is 54.9 Å². The summed E-state index contributed by atoms with van der Waals surface area (Å²) in [6.07, 6.45) is 2.27. The Morgan fingerprint density at radius 1 is 0.972 bits per heavy atom. The molecule has 11 nitrogen and oxygen atoms in total. The number of nitrogens with one attached hydrogen (secondary N) is 3. The molecular weight excluding hydrogens is 489 g/mol. The molecule has 0 aliphatic heterocycles. The van der Waals surface area contributed by atoms with Crippen LogP contribution in [0.2, 0.25) is 0 Å². The van der Waals surface area contributed by atoms with Gasteiger partial charge in [-0.15, -0.1) is 0 Å². The third-order valence-corrected chi connectivity index (χ3v) is 5.71. The fraction of sp³-hybridized carbons (Fsp3) is 0.174. The molecule has 2 aromatic carbocycles. The second-order valence-corrected chi connectivity index (χ2v) is 9.77. The van der Waals surface area contributed by atoms with Crippen LogP contribution >= 0.6 is 0 Å². The standard InChI is InChI=1S/C23H22FN7O4S/c1-14-9-16(5-8-18(14)24)12-25-21(32)19-10-20(31-23(29-19)27-13-28-31)22(33)26-11-15-3-6-17(7-4-15)30-36(2,34)35/h3-10,13,30H,11-12H2,1-2H3,(H,25,32)(H,26,33). The van der Waals surface area contributed by atoms with Gasteiger partial charge in [0.1, 0.15) is 23.5 Å². The van der Waals surface area contributed by atoms with Crippen molar-refractivity contribution in [2.24, 2.45) is 0 Å². The summed E-state index contributed by atoms with van der Waals surface area (Å²) in [5.74, 6) is -1.32. The van der Waals surface area contributed by atoms with Gasteiger partial charge in [0.2, 0.25) is 10.0 Å². The van der Waals surface area contributed by atoms with Gasteiger partial charge in [0.05, 0.1) is 6.26 Å². The van der Waals surface area contributed by atoms with E-state index < -0.39 is 21.8 Å². The number of hydrogen-bond acceptors (Lipinski definition) is 7. The van der Waals surface area contributed by atoms with E-state index in [1.807, 2.05) is 0 Å². The predicted octanol–water partition coefficient (Wildman–Crippen LogP) is 1.80. The third-order valence-electron chi connectivity index (χ3n) is 5.10. The Morgan fingerprint density at radius 2 is 1.64 bits per heavy atom. The number of carbonyl (C=O) groups excluding carboxylic acids is 2. The largest absolute Gasteiger partial charge is 0.347 e. The van der Waals surface area contributed by atoms with Gasteiger partial charge in [-0.1, -0.05) is 24.3 Å². The number of nitrogens with zero attached hydrogens (tertiary/aromatic N) is 4. The van der Waals surface area contributed by atoms with E-state index >= 15 is 0 Å². The second-order valence-electron chi connectivity index (χ2n) is 8.02. The normalized spacial score (nSPS) is 11.3. The minimum atomic E-state index is -3.39. The number of rotatable bonds is 8. The van der Waals surface area contributed by atoms with Crippen molar-refractivity contribution in [1.82, 2.24) is 30.2 Å². The molecule has 4 aromatic rings. The van der Waals surface area contributed by atoms with Gasteiger partial charge in [0.15, 0.2) is 0 Å². The molecule has 4 rings (SSSR count). The summed E-state index contributed by atoms with van der Waals surface area (Å²) in [6, 6.07) is 12.3. The zero-order valence-corrected chi connectivity index (χ0v) is 20.1. The van der Waals surface area contributed by atoms with Crippen molar-refractivity contribution in [3.8, 4) is 0 Å². The van der Waals surface area contributed by atoms with Gasteiger partial charge in [0, 0.05) is 24.8 Å². The van der Waals surface area contributed by atoms with Crippen LogP contribution in [0.4, 0.5) is 10.1 Å². The number of hydrogen-bond donors (Lipinski definition) is 3.